The predicted octanol–water partition coefficient (Wildman–Crippen LogP) is 4.69. The topological polar surface area (TPSA) is 132 Å². The van der Waals surface area contributed by atoms with Crippen molar-refractivity contribution in [1.29, 1.82) is 0 Å². The van der Waals surface area contributed by atoms with Crippen LogP contribution < -0.4 is 9.55 Å². The molecule has 0 atom stereocenters. The summed E-state index contributed by atoms with van der Waals surface area (Å²) in [5.74, 6) is 0. The van der Waals surface area contributed by atoms with Crippen molar-refractivity contribution in [2.75, 3.05) is 0 Å². The van der Waals surface area contributed by atoms with Crippen LogP contribution in [-0.4, -0.2) is 25.9 Å². The van der Waals surface area contributed by atoms with E-state index in [0.717, 1.165) is 17.7 Å². The number of unbranched alkanes of at least 4 members (excludes halogenated alkanes) is 1. The van der Waals surface area contributed by atoms with Crippen LogP contribution in [0.2, 0.25) is 0 Å². The molecule has 4 aromatic rings. The highest BCUT2D eigenvalue weighted by atomic mass is 32.2. The van der Waals surface area contributed by atoms with Gasteiger partial charge in [0.2, 0.25) is 0 Å². The lowest BCUT2D eigenvalue weighted by molar-refractivity contribution is -0.697. The average Bonchev–Trinajstić information content (AvgIpc) is 2.91. The standard InChI is InChI=1S/C11H18N.2C7H8O3S.C5H5N/c1-4-5-7-12-8-6-10(2)11(3)9-12;2*1-6-2-4-7(5-3-6)11(8,9)10;1-2-4-6-5-3-1/h6,8-9H,4-5,7H2,1-3H3;2*2-5H,1H3,(H,8,9,10);1-5H/q+1;;;/p-1. The molecular formula is C30H38N2O6S2. The fourth-order valence-corrected chi connectivity index (χ4v) is 3.90. The van der Waals surface area contributed by atoms with E-state index < -0.39 is 20.2 Å². The minimum absolute atomic E-state index is 0.178. The van der Waals surface area contributed by atoms with Gasteiger partial charge in [-0.3, -0.25) is 0 Å². The van der Waals surface area contributed by atoms with Gasteiger partial charge < -0.3 is 9.11 Å². The molecule has 0 bridgehead atoms. The zero-order chi connectivity index (χ0) is 30.2. The second-order valence-electron chi connectivity index (χ2n) is 9.01. The maximum Gasteiger partial charge on any atom is 0.171 e. The summed E-state index contributed by atoms with van der Waals surface area (Å²) in [6.07, 6.45) is 10.7. The van der Waals surface area contributed by atoms with Gasteiger partial charge in [-0.2, -0.15) is 0 Å². The lowest BCUT2D eigenvalue weighted by Crippen LogP contribution is -2.33. The molecule has 0 aliphatic rings. The Balaban J connectivity index is 0.000000273. The minimum atomic E-state index is -4.27. The maximum atomic E-state index is 10.4. The van der Waals surface area contributed by atoms with Gasteiger partial charge in [-0.05, 0) is 57.5 Å². The van der Waals surface area contributed by atoms with Crippen LogP contribution in [-0.2, 0) is 26.8 Å². The van der Waals surface area contributed by atoms with Gasteiger partial charge >= 0.3 is 0 Å². The van der Waals surface area contributed by atoms with E-state index in [1.54, 1.807) is 24.3 Å². The number of nitrogens with one attached hydrogen (secondary N) is 1. The van der Waals surface area contributed by atoms with Crippen LogP contribution in [0.25, 0.3) is 0 Å². The molecule has 0 unspecified atom stereocenters. The molecule has 0 fully saturated rings. The molecule has 10 heteroatoms. The number of aryl methyl sites for hydroxylation is 5. The molecule has 0 aliphatic heterocycles. The summed E-state index contributed by atoms with van der Waals surface area (Å²) in [5.41, 5.74) is 4.62. The van der Waals surface area contributed by atoms with Gasteiger partial charge in [0.1, 0.15) is 26.8 Å². The molecule has 0 spiro atoms. The Morgan fingerprint density at radius 1 is 0.675 bits per heavy atom. The van der Waals surface area contributed by atoms with Crippen LogP contribution in [0.3, 0.4) is 0 Å². The Morgan fingerprint density at radius 3 is 1.43 bits per heavy atom. The van der Waals surface area contributed by atoms with Gasteiger partial charge in [-0.15, -0.1) is 0 Å². The molecule has 0 aliphatic carbocycles. The van der Waals surface area contributed by atoms with Crippen LogP contribution in [0.15, 0.2) is 107 Å². The molecule has 2 aromatic heterocycles. The van der Waals surface area contributed by atoms with Crippen molar-refractivity contribution < 1.29 is 35.5 Å². The van der Waals surface area contributed by atoms with E-state index in [-0.39, 0.29) is 9.79 Å². The van der Waals surface area contributed by atoms with Crippen molar-refractivity contribution in [2.45, 2.75) is 63.8 Å². The smallest absolute Gasteiger partial charge is 0.171 e. The van der Waals surface area contributed by atoms with Gasteiger partial charge in [0.05, 0.1) is 9.79 Å². The average molecular weight is 587 g/mol. The first-order chi connectivity index (χ1) is 18.7. The van der Waals surface area contributed by atoms with E-state index in [1.165, 1.54) is 48.2 Å². The molecule has 40 heavy (non-hydrogen) atoms. The van der Waals surface area contributed by atoms with Crippen LogP contribution in [0.1, 0.15) is 42.0 Å². The highest BCUT2D eigenvalue weighted by Gasteiger charge is 2.01. The van der Waals surface area contributed by atoms with E-state index in [9.17, 15) is 25.9 Å². The monoisotopic (exact) mass is 586 g/mol. The van der Waals surface area contributed by atoms with Crippen molar-refractivity contribution in [1.82, 2.24) is 0 Å². The van der Waals surface area contributed by atoms with E-state index in [0.29, 0.717) is 0 Å². The molecule has 2 aromatic carbocycles. The summed E-state index contributed by atoms with van der Waals surface area (Å²) < 4.78 is 64.6. The molecule has 216 valence electrons. The second-order valence-corrected chi connectivity index (χ2v) is 11.8. The first kappa shape index (κ1) is 34.6. The molecule has 0 saturated heterocycles. The molecule has 8 nitrogen and oxygen atoms in total. The van der Waals surface area contributed by atoms with Crippen LogP contribution >= 0.6 is 0 Å². The third kappa shape index (κ3) is 14.6. The summed E-state index contributed by atoms with van der Waals surface area (Å²) in [5, 5.41) is 0. The van der Waals surface area contributed by atoms with Gasteiger partial charge in [0.25, 0.3) is 0 Å². The third-order valence-electron chi connectivity index (χ3n) is 5.49. The fraction of sp³-hybridized carbons (Fsp3) is 0.267. The first-order valence-electron chi connectivity index (χ1n) is 12.7. The summed E-state index contributed by atoms with van der Waals surface area (Å²) >= 11 is 0. The first-order valence-corrected chi connectivity index (χ1v) is 15.5. The summed E-state index contributed by atoms with van der Waals surface area (Å²) in [6, 6.07) is 19.6. The number of pyridine rings is 2. The summed E-state index contributed by atoms with van der Waals surface area (Å²) in [7, 11) is -8.54. The summed E-state index contributed by atoms with van der Waals surface area (Å²) in [6.45, 7) is 11.3. The van der Waals surface area contributed by atoms with Crippen LogP contribution in [0.4, 0.5) is 0 Å². The zero-order valence-corrected chi connectivity index (χ0v) is 25.2. The van der Waals surface area contributed by atoms with E-state index in [1.807, 2.05) is 44.4 Å². The number of nitrogens with zero attached hydrogens (tertiary/aromatic N) is 1. The van der Waals surface area contributed by atoms with Gasteiger partial charge in [0.15, 0.2) is 24.8 Å². The van der Waals surface area contributed by atoms with Crippen molar-refractivity contribution >= 4 is 20.2 Å². The highest BCUT2D eigenvalue weighted by Crippen LogP contribution is 2.09. The van der Waals surface area contributed by atoms with Crippen molar-refractivity contribution in [3.63, 3.8) is 0 Å². The number of rotatable bonds is 5. The molecule has 1 N–H and O–H groups in total. The Bertz CT molecular complexity index is 1390. The van der Waals surface area contributed by atoms with Gasteiger partial charge in [-0.25, -0.2) is 26.4 Å². The molecule has 0 saturated carbocycles. The van der Waals surface area contributed by atoms with E-state index in [4.69, 9.17) is 0 Å². The van der Waals surface area contributed by atoms with Crippen molar-refractivity contribution in [3.8, 4) is 0 Å². The fourth-order valence-electron chi connectivity index (χ4n) is 2.96. The number of aromatic nitrogens is 2. The van der Waals surface area contributed by atoms with Gasteiger partial charge in [-0.1, -0.05) is 54.8 Å². The third-order valence-corrected chi connectivity index (χ3v) is 7.19. The quantitative estimate of drug-likeness (QED) is 0.246. The van der Waals surface area contributed by atoms with E-state index >= 15 is 0 Å². The molecule has 0 radical (unpaired) electrons. The molecular weight excluding hydrogens is 548 g/mol. The van der Waals surface area contributed by atoms with Crippen LogP contribution in [0, 0.1) is 27.7 Å². The molecule has 4 rings (SSSR count). The zero-order valence-electron chi connectivity index (χ0n) is 23.6. The highest BCUT2D eigenvalue weighted by molar-refractivity contribution is 7.86. The normalized spacial score (nSPS) is 10.6. The lowest BCUT2D eigenvalue weighted by atomic mass is 10.2. The molecule has 0 amide bonds. The predicted molar refractivity (Wildman–Crippen MR) is 152 cm³/mol. The number of hydrogen-bond donors (Lipinski definition) is 0. The number of H-pyrrole nitrogens is 1. The Morgan fingerprint density at radius 2 is 1.12 bits per heavy atom. The lowest BCUT2D eigenvalue weighted by Gasteiger charge is -2.05. The van der Waals surface area contributed by atoms with Crippen molar-refractivity contribution in [2.24, 2.45) is 0 Å². The Kier molecular flexibility index (Phi) is 15.0. The SMILES string of the molecule is CCCC[n+]1ccc(C)c(C)c1.Cc1ccc(S(=O)(=O)[O-])cc1.Cc1ccc(S(=O)(=O)[O-])cc1.c1cc[nH+]cc1. The van der Waals surface area contributed by atoms with Crippen LogP contribution in [0.5, 0.6) is 0 Å². The summed E-state index contributed by atoms with van der Waals surface area (Å²) in [4.78, 5) is 2.54. The number of benzene rings is 2. The Hall–Kier alpha value is -3.44. The number of hydrogen-bond acceptors (Lipinski definition) is 6. The minimum Gasteiger partial charge on any atom is -0.744 e. The number of aromatic amines is 1. The van der Waals surface area contributed by atoms with Crippen molar-refractivity contribution in [3.05, 3.63) is 120 Å². The van der Waals surface area contributed by atoms with E-state index in [2.05, 4.69) is 48.8 Å². The van der Waals surface area contributed by atoms with Gasteiger partial charge in [0, 0.05) is 30.2 Å². The maximum absolute atomic E-state index is 10.4. The second kappa shape index (κ2) is 17.3. The largest absolute Gasteiger partial charge is 0.744 e. The Labute approximate surface area is 238 Å². The molecule has 2 heterocycles.